The van der Waals surface area contributed by atoms with Crippen LogP contribution < -0.4 is 4.90 Å². The van der Waals surface area contributed by atoms with Gasteiger partial charge in [0.25, 0.3) is 0 Å². The third-order valence-corrected chi connectivity index (χ3v) is 2.91. The minimum absolute atomic E-state index is 0.0173. The van der Waals surface area contributed by atoms with Crippen LogP contribution in [0.15, 0.2) is 24.3 Å². The normalized spacial score (nSPS) is 10.4. The zero-order chi connectivity index (χ0) is 14.1. The van der Waals surface area contributed by atoms with E-state index in [1.165, 1.54) is 0 Å². The van der Waals surface area contributed by atoms with Gasteiger partial charge in [-0.05, 0) is 24.5 Å². The second kappa shape index (κ2) is 8.50. The van der Waals surface area contributed by atoms with Gasteiger partial charge in [-0.3, -0.25) is 4.79 Å². The van der Waals surface area contributed by atoms with Crippen molar-refractivity contribution in [1.29, 1.82) is 0 Å². The van der Waals surface area contributed by atoms with Crippen molar-refractivity contribution in [2.24, 2.45) is 0 Å². The number of aliphatic hydroxyl groups is 2. The third-order valence-electron chi connectivity index (χ3n) is 2.91. The predicted molar refractivity (Wildman–Crippen MR) is 73.4 cm³/mol. The van der Waals surface area contributed by atoms with E-state index < -0.39 is 5.97 Å². The summed E-state index contributed by atoms with van der Waals surface area (Å²) in [6.07, 6.45) is 1.41. The number of aryl methyl sites for hydroxylation is 1. The van der Waals surface area contributed by atoms with Crippen molar-refractivity contribution in [3.05, 3.63) is 29.8 Å². The molecule has 106 valence electrons. The maximum absolute atomic E-state index is 10.5. The van der Waals surface area contributed by atoms with Gasteiger partial charge in [0, 0.05) is 25.2 Å². The standard InChI is InChI=1S/C14H21NO4/c16-10-8-15(9-11-17)13-6-2-1-4-12(13)5-3-7-14(18)19/h1-2,4,6,16-17H,3,5,7-11H2,(H,18,19). The summed E-state index contributed by atoms with van der Waals surface area (Å²) in [4.78, 5) is 12.4. The Hall–Kier alpha value is -1.59. The van der Waals surface area contributed by atoms with E-state index in [1.54, 1.807) is 0 Å². The van der Waals surface area contributed by atoms with Gasteiger partial charge in [0.2, 0.25) is 0 Å². The second-order valence-electron chi connectivity index (χ2n) is 4.31. The Kier molecular flexibility index (Phi) is 6.92. The molecular formula is C14H21NO4. The van der Waals surface area contributed by atoms with Crippen LogP contribution in [0.25, 0.3) is 0 Å². The number of carboxylic acid groups (broad SMARTS) is 1. The first-order valence-corrected chi connectivity index (χ1v) is 6.45. The Bertz CT molecular complexity index is 389. The smallest absolute Gasteiger partial charge is 0.303 e. The van der Waals surface area contributed by atoms with Crippen molar-refractivity contribution in [2.75, 3.05) is 31.2 Å². The van der Waals surface area contributed by atoms with E-state index in [9.17, 15) is 4.79 Å². The van der Waals surface area contributed by atoms with E-state index in [2.05, 4.69) is 0 Å². The molecular weight excluding hydrogens is 246 g/mol. The lowest BCUT2D eigenvalue weighted by molar-refractivity contribution is -0.137. The lowest BCUT2D eigenvalue weighted by Crippen LogP contribution is -2.30. The fourth-order valence-electron chi connectivity index (χ4n) is 2.05. The molecule has 0 unspecified atom stereocenters. The monoisotopic (exact) mass is 267 g/mol. The van der Waals surface area contributed by atoms with Crippen molar-refractivity contribution in [2.45, 2.75) is 19.3 Å². The summed E-state index contributed by atoms with van der Waals surface area (Å²) in [5.41, 5.74) is 2.00. The topological polar surface area (TPSA) is 81.0 Å². The summed E-state index contributed by atoms with van der Waals surface area (Å²) in [5, 5.41) is 26.8. The molecule has 0 aliphatic carbocycles. The van der Waals surface area contributed by atoms with Crippen molar-refractivity contribution in [3.8, 4) is 0 Å². The highest BCUT2D eigenvalue weighted by Gasteiger charge is 2.10. The fraction of sp³-hybridized carbons (Fsp3) is 0.500. The van der Waals surface area contributed by atoms with Crippen LogP contribution in [-0.4, -0.2) is 47.6 Å². The Labute approximate surface area is 113 Å². The van der Waals surface area contributed by atoms with E-state index in [0.717, 1.165) is 11.3 Å². The van der Waals surface area contributed by atoms with Gasteiger partial charge >= 0.3 is 5.97 Å². The molecule has 0 radical (unpaired) electrons. The molecule has 0 heterocycles. The molecule has 0 bridgehead atoms. The minimum atomic E-state index is -0.792. The molecule has 0 aliphatic heterocycles. The first kappa shape index (κ1) is 15.5. The van der Waals surface area contributed by atoms with Gasteiger partial charge in [-0.15, -0.1) is 0 Å². The molecule has 0 amide bonds. The molecule has 5 nitrogen and oxygen atoms in total. The van der Waals surface area contributed by atoms with Gasteiger partial charge in [-0.2, -0.15) is 0 Å². The highest BCUT2D eigenvalue weighted by Crippen LogP contribution is 2.21. The molecule has 0 aromatic heterocycles. The first-order valence-electron chi connectivity index (χ1n) is 6.45. The molecule has 0 aliphatic rings. The summed E-state index contributed by atoms with van der Waals surface area (Å²) in [6, 6.07) is 7.70. The maximum atomic E-state index is 10.5. The number of nitrogens with zero attached hydrogens (tertiary/aromatic N) is 1. The SMILES string of the molecule is O=C(O)CCCc1ccccc1N(CCO)CCO. The van der Waals surface area contributed by atoms with Gasteiger partial charge in [-0.1, -0.05) is 18.2 Å². The van der Waals surface area contributed by atoms with Crippen LogP contribution in [0.5, 0.6) is 0 Å². The summed E-state index contributed by atoms with van der Waals surface area (Å²) in [6.45, 7) is 0.944. The number of aliphatic carboxylic acids is 1. The summed E-state index contributed by atoms with van der Waals surface area (Å²) in [5.74, 6) is -0.792. The zero-order valence-corrected chi connectivity index (χ0v) is 11.0. The number of anilines is 1. The molecule has 1 rings (SSSR count). The van der Waals surface area contributed by atoms with Gasteiger partial charge in [0.05, 0.1) is 13.2 Å². The number of benzene rings is 1. The van der Waals surface area contributed by atoms with Crippen LogP contribution in [0.2, 0.25) is 0 Å². The van der Waals surface area contributed by atoms with E-state index in [1.807, 2.05) is 29.2 Å². The fourth-order valence-corrected chi connectivity index (χ4v) is 2.05. The van der Waals surface area contributed by atoms with Crippen molar-refractivity contribution in [3.63, 3.8) is 0 Å². The van der Waals surface area contributed by atoms with Crippen LogP contribution >= 0.6 is 0 Å². The average Bonchev–Trinajstić information content (AvgIpc) is 2.39. The van der Waals surface area contributed by atoms with E-state index in [4.69, 9.17) is 15.3 Å². The van der Waals surface area contributed by atoms with Crippen molar-refractivity contribution >= 4 is 11.7 Å². The van der Waals surface area contributed by atoms with Crippen LogP contribution in [0.4, 0.5) is 5.69 Å². The Morgan fingerprint density at radius 2 is 1.74 bits per heavy atom. The third kappa shape index (κ3) is 5.28. The van der Waals surface area contributed by atoms with Gasteiger partial charge in [-0.25, -0.2) is 0 Å². The molecule has 5 heteroatoms. The van der Waals surface area contributed by atoms with E-state index in [0.29, 0.717) is 25.9 Å². The van der Waals surface area contributed by atoms with E-state index >= 15 is 0 Å². The number of hydrogen-bond donors (Lipinski definition) is 3. The van der Waals surface area contributed by atoms with Gasteiger partial charge in [0.15, 0.2) is 0 Å². The minimum Gasteiger partial charge on any atom is -0.481 e. The summed E-state index contributed by atoms with van der Waals surface area (Å²) >= 11 is 0. The average molecular weight is 267 g/mol. The lowest BCUT2D eigenvalue weighted by atomic mass is 10.1. The summed E-state index contributed by atoms with van der Waals surface area (Å²) < 4.78 is 0. The predicted octanol–water partition coefficient (Wildman–Crippen LogP) is 0.885. The maximum Gasteiger partial charge on any atom is 0.303 e. The molecule has 19 heavy (non-hydrogen) atoms. The van der Waals surface area contributed by atoms with Crippen LogP contribution in [0.1, 0.15) is 18.4 Å². The van der Waals surface area contributed by atoms with E-state index in [-0.39, 0.29) is 19.6 Å². The molecule has 3 N–H and O–H groups in total. The first-order chi connectivity index (χ1) is 9.19. The molecule has 0 spiro atoms. The molecule has 0 atom stereocenters. The van der Waals surface area contributed by atoms with Crippen LogP contribution in [-0.2, 0) is 11.2 Å². The number of carboxylic acids is 1. The largest absolute Gasteiger partial charge is 0.481 e. The summed E-state index contributed by atoms with van der Waals surface area (Å²) in [7, 11) is 0. The van der Waals surface area contributed by atoms with Crippen LogP contribution in [0.3, 0.4) is 0 Å². The Morgan fingerprint density at radius 1 is 1.11 bits per heavy atom. The number of aliphatic hydroxyl groups excluding tert-OH is 2. The Morgan fingerprint density at radius 3 is 2.32 bits per heavy atom. The van der Waals surface area contributed by atoms with Crippen LogP contribution in [0, 0.1) is 0 Å². The van der Waals surface area contributed by atoms with Gasteiger partial charge in [0.1, 0.15) is 0 Å². The highest BCUT2D eigenvalue weighted by molar-refractivity contribution is 5.66. The number of para-hydroxylation sites is 1. The zero-order valence-electron chi connectivity index (χ0n) is 11.0. The molecule has 1 aromatic rings. The lowest BCUT2D eigenvalue weighted by Gasteiger charge is -2.25. The molecule has 1 aromatic carbocycles. The molecule has 0 saturated heterocycles. The molecule has 0 saturated carbocycles. The number of rotatable bonds is 9. The number of carbonyl (C=O) groups is 1. The highest BCUT2D eigenvalue weighted by atomic mass is 16.4. The van der Waals surface area contributed by atoms with Crippen molar-refractivity contribution < 1.29 is 20.1 Å². The second-order valence-corrected chi connectivity index (χ2v) is 4.31. The quantitative estimate of drug-likeness (QED) is 0.619. The Balaban J connectivity index is 2.77. The van der Waals surface area contributed by atoms with Gasteiger partial charge < -0.3 is 20.2 Å². The molecule has 0 fully saturated rings. The van der Waals surface area contributed by atoms with Crippen molar-refractivity contribution in [1.82, 2.24) is 0 Å². The number of hydrogen-bond acceptors (Lipinski definition) is 4.